The van der Waals surface area contributed by atoms with E-state index in [1.807, 2.05) is 37.3 Å². The summed E-state index contributed by atoms with van der Waals surface area (Å²) in [6, 6.07) is 9.77. The maximum absolute atomic E-state index is 9.09. The summed E-state index contributed by atoms with van der Waals surface area (Å²) in [6.07, 6.45) is 3.31. The third-order valence-corrected chi connectivity index (χ3v) is 3.02. The van der Waals surface area contributed by atoms with Crippen molar-refractivity contribution in [1.82, 2.24) is 15.0 Å². The van der Waals surface area contributed by atoms with E-state index in [1.165, 1.54) is 0 Å². The van der Waals surface area contributed by atoms with Crippen molar-refractivity contribution in [3.05, 3.63) is 54.0 Å². The summed E-state index contributed by atoms with van der Waals surface area (Å²) in [5, 5.41) is 10.1. The van der Waals surface area contributed by atoms with Gasteiger partial charge in [0.15, 0.2) is 0 Å². The molecule has 0 aliphatic heterocycles. The summed E-state index contributed by atoms with van der Waals surface area (Å²) in [6.45, 7) is 1.73. The molecule has 0 aliphatic rings. The van der Waals surface area contributed by atoms with Crippen molar-refractivity contribution in [2.75, 3.05) is 0 Å². The Hall–Kier alpha value is -2.53. The Morgan fingerprint density at radius 1 is 1.20 bits per heavy atom. The number of aryl methyl sites for hydroxylation is 1. The smallest absolute Gasteiger partial charge is 0.322 e. The quantitative estimate of drug-likeness (QED) is 0.790. The molecule has 5 nitrogen and oxygen atoms in total. The Morgan fingerprint density at radius 2 is 2.10 bits per heavy atom. The van der Waals surface area contributed by atoms with Crippen LogP contribution in [0.1, 0.15) is 11.3 Å². The van der Waals surface area contributed by atoms with E-state index in [2.05, 4.69) is 15.0 Å². The van der Waals surface area contributed by atoms with Crippen LogP contribution in [0.15, 0.2) is 42.7 Å². The van der Waals surface area contributed by atoms with Gasteiger partial charge in [0.2, 0.25) is 0 Å². The average molecular weight is 267 g/mol. The van der Waals surface area contributed by atoms with Gasteiger partial charge >= 0.3 is 6.01 Å². The highest BCUT2D eigenvalue weighted by Gasteiger charge is 2.05. The molecule has 0 aliphatic carbocycles. The van der Waals surface area contributed by atoms with Gasteiger partial charge < -0.3 is 9.84 Å². The number of rotatable bonds is 3. The first-order valence-corrected chi connectivity index (χ1v) is 6.22. The molecule has 5 heteroatoms. The van der Waals surface area contributed by atoms with E-state index in [1.54, 1.807) is 12.4 Å². The third-order valence-electron chi connectivity index (χ3n) is 3.02. The van der Waals surface area contributed by atoms with Gasteiger partial charge in [-0.3, -0.25) is 4.98 Å². The number of nitrogens with zero attached hydrogens (tertiary/aromatic N) is 3. The summed E-state index contributed by atoms with van der Waals surface area (Å²) in [5.41, 5.74) is 2.25. The topological polar surface area (TPSA) is 68.1 Å². The second-order valence-electron chi connectivity index (χ2n) is 4.38. The fourth-order valence-corrected chi connectivity index (χ4v) is 1.89. The minimum absolute atomic E-state index is 0.0774. The van der Waals surface area contributed by atoms with Gasteiger partial charge in [0.1, 0.15) is 5.75 Å². The normalized spacial score (nSPS) is 10.7. The van der Waals surface area contributed by atoms with Gasteiger partial charge in [0, 0.05) is 29.4 Å². The van der Waals surface area contributed by atoms with Crippen molar-refractivity contribution < 1.29 is 9.84 Å². The Labute approximate surface area is 115 Å². The van der Waals surface area contributed by atoms with E-state index < -0.39 is 0 Å². The number of hydrogen-bond acceptors (Lipinski definition) is 5. The molecule has 0 unspecified atom stereocenters. The molecule has 2 heterocycles. The van der Waals surface area contributed by atoms with Crippen LogP contribution in [0.2, 0.25) is 0 Å². The molecule has 0 saturated carbocycles. The number of aliphatic hydroxyl groups is 1. The zero-order valence-electron chi connectivity index (χ0n) is 10.9. The Morgan fingerprint density at radius 3 is 2.90 bits per heavy atom. The molecule has 0 spiro atoms. The molecule has 1 N–H and O–H groups in total. The van der Waals surface area contributed by atoms with Gasteiger partial charge in [-0.2, -0.15) is 4.98 Å². The molecule has 1 aromatic carbocycles. The van der Waals surface area contributed by atoms with Crippen molar-refractivity contribution in [1.29, 1.82) is 0 Å². The molecule has 3 aromatic rings. The van der Waals surface area contributed by atoms with Crippen LogP contribution in [0.4, 0.5) is 0 Å². The first-order valence-electron chi connectivity index (χ1n) is 6.22. The molecule has 0 radical (unpaired) electrons. The number of benzene rings is 1. The lowest BCUT2D eigenvalue weighted by Crippen LogP contribution is -1.98. The molecule has 0 atom stereocenters. The van der Waals surface area contributed by atoms with Crippen LogP contribution in [0.25, 0.3) is 10.9 Å². The number of ether oxygens (including phenoxy) is 1. The van der Waals surface area contributed by atoms with E-state index in [0.29, 0.717) is 17.0 Å². The molecular formula is C15H13N3O2. The Balaban J connectivity index is 1.90. The Bertz CT molecular complexity index is 759. The average Bonchev–Trinajstić information content (AvgIpc) is 2.47. The van der Waals surface area contributed by atoms with Crippen LogP contribution in [-0.4, -0.2) is 20.1 Å². The highest BCUT2D eigenvalue weighted by Crippen LogP contribution is 2.22. The van der Waals surface area contributed by atoms with Crippen molar-refractivity contribution in [3.8, 4) is 11.8 Å². The number of pyridine rings is 1. The zero-order valence-corrected chi connectivity index (χ0v) is 10.9. The van der Waals surface area contributed by atoms with E-state index in [-0.39, 0.29) is 12.6 Å². The lowest BCUT2D eigenvalue weighted by Gasteiger charge is -2.07. The van der Waals surface area contributed by atoms with Gasteiger partial charge in [-0.25, -0.2) is 4.98 Å². The van der Waals surface area contributed by atoms with Gasteiger partial charge in [0.05, 0.1) is 17.8 Å². The highest BCUT2D eigenvalue weighted by atomic mass is 16.5. The van der Waals surface area contributed by atoms with Crippen LogP contribution < -0.4 is 4.74 Å². The molecule has 0 saturated heterocycles. The third kappa shape index (κ3) is 2.44. The van der Waals surface area contributed by atoms with Crippen LogP contribution in [-0.2, 0) is 6.61 Å². The summed E-state index contributed by atoms with van der Waals surface area (Å²) in [4.78, 5) is 12.6. The summed E-state index contributed by atoms with van der Waals surface area (Å²) >= 11 is 0. The lowest BCUT2D eigenvalue weighted by molar-refractivity contribution is 0.279. The van der Waals surface area contributed by atoms with Gasteiger partial charge in [-0.1, -0.05) is 6.07 Å². The molecule has 0 fully saturated rings. The van der Waals surface area contributed by atoms with Crippen molar-refractivity contribution in [3.63, 3.8) is 0 Å². The van der Waals surface area contributed by atoms with Gasteiger partial charge in [0.25, 0.3) is 0 Å². The lowest BCUT2D eigenvalue weighted by atomic mass is 10.2. The van der Waals surface area contributed by atoms with Crippen molar-refractivity contribution >= 4 is 10.9 Å². The number of hydrogen-bond donors (Lipinski definition) is 1. The van der Waals surface area contributed by atoms with Crippen LogP contribution in [0, 0.1) is 6.92 Å². The minimum Gasteiger partial charge on any atom is -0.424 e. The zero-order chi connectivity index (χ0) is 13.9. The molecule has 3 rings (SSSR count). The van der Waals surface area contributed by atoms with Crippen LogP contribution >= 0.6 is 0 Å². The number of aliphatic hydroxyl groups excluding tert-OH is 1. The maximum atomic E-state index is 9.09. The summed E-state index contributed by atoms with van der Waals surface area (Å²) in [7, 11) is 0. The van der Waals surface area contributed by atoms with E-state index in [4.69, 9.17) is 9.84 Å². The number of aromatic nitrogens is 3. The standard InChI is InChI=1S/C15H13N3O2/c1-10-12(9-19)8-17-15(18-10)20-13-5-4-11-3-2-6-16-14(11)7-13/h2-8,19H,9H2,1H3. The van der Waals surface area contributed by atoms with Crippen molar-refractivity contribution in [2.45, 2.75) is 13.5 Å². The van der Waals surface area contributed by atoms with Gasteiger partial charge in [-0.15, -0.1) is 0 Å². The van der Waals surface area contributed by atoms with E-state index in [9.17, 15) is 0 Å². The van der Waals surface area contributed by atoms with Crippen LogP contribution in [0.5, 0.6) is 11.8 Å². The fourth-order valence-electron chi connectivity index (χ4n) is 1.89. The predicted octanol–water partition coefficient (Wildman–Crippen LogP) is 2.62. The molecule has 20 heavy (non-hydrogen) atoms. The SMILES string of the molecule is Cc1nc(Oc2ccc3cccnc3c2)ncc1CO. The molecule has 100 valence electrons. The monoisotopic (exact) mass is 267 g/mol. The maximum Gasteiger partial charge on any atom is 0.322 e. The summed E-state index contributed by atoms with van der Waals surface area (Å²) < 4.78 is 5.62. The van der Waals surface area contributed by atoms with E-state index in [0.717, 1.165) is 10.9 Å². The van der Waals surface area contributed by atoms with Crippen molar-refractivity contribution in [2.24, 2.45) is 0 Å². The fraction of sp³-hybridized carbons (Fsp3) is 0.133. The van der Waals surface area contributed by atoms with Crippen LogP contribution in [0.3, 0.4) is 0 Å². The second-order valence-corrected chi connectivity index (χ2v) is 4.38. The first-order chi connectivity index (χ1) is 9.76. The predicted molar refractivity (Wildman–Crippen MR) is 74.5 cm³/mol. The second kappa shape index (κ2) is 5.22. The molecule has 2 aromatic heterocycles. The first kappa shape index (κ1) is 12.5. The largest absolute Gasteiger partial charge is 0.424 e. The number of fused-ring (bicyclic) bond motifs is 1. The molecule has 0 bridgehead atoms. The summed E-state index contributed by atoms with van der Waals surface area (Å²) in [5.74, 6) is 0.632. The molecular weight excluding hydrogens is 254 g/mol. The molecule has 0 amide bonds. The highest BCUT2D eigenvalue weighted by molar-refractivity contribution is 5.79. The van der Waals surface area contributed by atoms with Gasteiger partial charge in [-0.05, 0) is 25.1 Å². The minimum atomic E-state index is -0.0774. The van der Waals surface area contributed by atoms with E-state index >= 15 is 0 Å². The Kier molecular flexibility index (Phi) is 3.26.